The highest BCUT2D eigenvalue weighted by atomic mass is 16.5. The van der Waals surface area contributed by atoms with Gasteiger partial charge in [-0.05, 0) is 30.9 Å². The molecule has 1 N–H and O–H groups in total. The molecule has 0 saturated heterocycles. The molecule has 0 heterocycles. The van der Waals surface area contributed by atoms with Crippen LogP contribution in [0.5, 0.6) is 5.75 Å². The maximum absolute atomic E-state index is 12.2. The maximum atomic E-state index is 12.2. The van der Waals surface area contributed by atoms with Gasteiger partial charge in [0.25, 0.3) is 0 Å². The molecule has 0 aliphatic heterocycles. The molecule has 1 aliphatic rings. The Morgan fingerprint density at radius 2 is 2.09 bits per heavy atom. The molecule has 0 atom stereocenters. The predicted molar refractivity (Wildman–Crippen MR) is 87.4 cm³/mol. The highest BCUT2D eigenvalue weighted by Crippen LogP contribution is 2.25. The highest BCUT2D eigenvalue weighted by Gasteiger charge is 2.19. The normalized spacial score (nSPS) is 14.8. The van der Waals surface area contributed by atoms with Gasteiger partial charge >= 0.3 is 6.03 Å². The monoisotopic (exact) mass is 306 g/mol. The number of anilines is 1. The van der Waals surface area contributed by atoms with Crippen LogP contribution in [0, 0.1) is 5.92 Å². The molecule has 0 unspecified atom stereocenters. The average Bonchev–Trinajstić information content (AvgIpc) is 3.01. The summed E-state index contributed by atoms with van der Waals surface area (Å²) in [6.45, 7) is 1.87. The van der Waals surface area contributed by atoms with E-state index in [1.165, 1.54) is 25.7 Å². The number of hydrogen-bond acceptors (Lipinski definition) is 3. The number of benzene rings is 1. The molecule has 2 rings (SSSR count). The zero-order chi connectivity index (χ0) is 15.8. The van der Waals surface area contributed by atoms with Gasteiger partial charge in [0.15, 0.2) is 0 Å². The number of urea groups is 1. The van der Waals surface area contributed by atoms with Crippen molar-refractivity contribution in [2.45, 2.75) is 25.7 Å². The van der Waals surface area contributed by atoms with E-state index in [1.54, 1.807) is 12.0 Å². The molecule has 1 aromatic carbocycles. The van der Waals surface area contributed by atoms with Crippen LogP contribution in [-0.4, -0.2) is 44.8 Å². The standard InChI is InChI=1S/C17H26N2O3/c1-19(13-14-6-3-4-7-14)17(20)18-15-8-5-9-16(12-15)22-11-10-21-2/h5,8-9,12,14H,3-4,6-7,10-11,13H2,1-2H3,(H,18,20). The van der Waals surface area contributed by atoms with Crippen LogP contribution in [-0.2, 0) is 4.74 Å². The molecule has 1 aliphatic carbocycles. The largest absolute Gasteiger partial charge is 0.491 e. The SMILES string of the molecule is COCCOc1cccc(NC(=O)N(C)CC2CCCC2)c1. The Bertz CT molecular complexity index is 473. The topological polar surface area (TPSA) is 50.8 Å². The first-order valence-corrected chi connectivity index (χ1v) is 7.93. The van der Waals surface area contributed by atoms with E-state index in [1.807, 2.05) is 31.3 Å². The minimum absolute atomic E-state index is 0.0686. The minimum atomic E-state index is -0.0686. The van der Waals surface area contributed by atoms with Gasteiger partial charge in [-0.1, -0.05) is 18.9 Å². The third-order valence-corrected chi connectivity index (χ3v) is 3.99. The van der Waals surface area contributed by atoms with Crippen LogP contribution in [0.1, 0.15) is 25.7 Å². The predicted octanol–water partition coefficient (Wildman–Crippen LogP) is 3.37. The van der Waals surface area contributed by atoms with Crippen LogP contribution < -0.4 is 10.1 Å². The third-order valence-electron chi connectivity index (χ3n) is 3.99. The van der Waals surface area contributed by atoms with E-state index in [9.17, 15) is 4.79 Å². The van der Waals surface area contributed by atoms with Crippen LogP contribution in [0.15, 0.2) is 24.3 Å². The number of methoxy groups -OCH3 is 1. The number of hydrogen-bond donors (Lipinski definition) is 1. The molecule has 0 radical (unpaired) electrons. The van der Waals surface area contributed by atoms with Crippen LogP contribution in [0.4, 0.5) is 10.5 Å². The van der Waals surface area contributed by atoms with Gasteiger partial charge in [-0.2, -0.15) is 0 Å². The second-order valence-electron chi connectivity index (χ2n) is 5.83. The quantitative estimate of drug-likeness (QED) is 0.786. The summed E-state index contributed by atoms with van der Waals surface area (Å²) in [7, 11) is 3.49. The number of carbonyl (C=O) groups excluding carboxylic acids is 1. The highest BCUT2D eigenvalue weighted by molar-refractivity contribution is 5.89. The van der Waals surface area contributed by atoms with Gasteiger partial charge in [0.2, 0.25) is 0 Å². The summed E-state index contributed by atoms with van der Waals surface area (Å²) in [4.78, 5) is 14.0. The summed E-state index contributed by atoms with van der Waals surface area (Å²) in [5, 5.41) is 2.92. The molecular weight excluding hydrogens is 280 g/mol. The molecule has 1 aromatic rings. The van der Waals surface area contributed by atoms with Crippen molar-refractivity contribution in [2.75, 3.05) is 39.2 Å². The smallest absolute Gasteiger partial charge is 0.321 e. The van der Waals surface area contributed by atoms with Crippen molar-refractivity contribution < 1.29 is 14.3 Å². The summed E-state index contributed by atoms with van der Waals surface area (Å²) in [6, 6.07) is 7.37. The molecule has 2 amide bonds. The van der Waals surface area contributed by atoms with Crippen molar-refractivity contribution >= 4 is 11.7 Å². The first-order chi connectivity index (χ1) is 10.7. The van der Waals surface area contributed by atoms with Crippen molar-refractivity contribution in [3.63, 3.8) is 0 Å². The zero-order valence-corrected chi connectivity index (χ0v) is 13.5. The number of rotatable bonds is 7. The first kappa shape index (κ1) is 16.6. The summed E-state index contributed by atoms with van der Waals surface area (Å²) in [5.41, 5.74) is 0.748. The van der Waals surface area contributed by atoms with Gasteiger partial charge in [0, 0.05) is 32.5 Å². The number of nitrogens with zero attached hydrogens (tertiary/aromatic N) is 1. The molecule has 5 heteroatoms. The first-order valence-electron chi connectivity index (χ1n) is 7.93. The number of carbonyl (C=O) groups is 1. The van der Waals surface area contributed by atoms with Crippen LogP contribution in [0.2, 0.25) is 0 Å². The van der Waals surface area contributed by atoms with Gasteiger partial charge in [-0.15, -0.1) is 0 Å². The van der Waals surface area contributed by atoms with Gasteiger partial charge in [-0.3, -0.25) is 0 Å². The van der Waals surface area contributed by atoms with Crippen molar-refractivity contribution in [1.82, 2.24) is 4.90 Å². The van der Waals surface area contributed by atoms with Crippen molar-refractivity contribution in [3.05, 3.63) is 24.3 Å². The van der Waals surface area contributed by atoms with Crippen molar-refractivity contribution in [3.8, 4) is 5.75 Å². The lowest BCUT2D eigenvalue weighted by atomic mass is 10.1. The van der Waals surface area contributed by atoms with E-state index in [4.69, 9.17) is 9.47 Å². The summed E-state index contributed by atoms with van der Waals surface area (Å²) in [6.07, 6.45) is 5.06. The Labute approximate surface area is 132 Å². The fourth-order valence-electron chi connectivity index (χ4n) is 2.79. The second-order valence-corrected chi connectivity index (χ2v) is 5.83. The average molecular weight is 306 g/mol. The molecule has 1 saturated carbocycles. The summed E-state index contributed by atoms with van der Waals surface area (Å²) in [5.74, 6) is 1.38. The molecule has 22 heavy (non-hydrogen) atoms. The lowest BCUT2D eigenvalue weighted by Crippen LogP contribution is -2.34. The van der Waals surface area contributed by atoms with Gasteiger partial charge in [0.1, 0.15) is 12.4 Å². The van der Waals surface area contributed by atoms with Crippen molar-refractivity contribution in [1.29, 1.82) is 0 Å². The Hall–Kier alpha value is -1.75. The lowest BCUT2D eigenvalue weighted by molar-refractivity contribution is 0.146. The van der Waals surface area contributed by atoms with E-state index in [-0.39, 0.29) is 6.03 Å². The molecule has 5 nitrogen and oxygen atoms in total. The van der Waals surface area contributed by atoms with Crippen LogP contribution >= 0.6 is 0 Å². The molecule has 1 fully saturated rings. The van der Waals surface area contributed by atoms with E-state index in [2.05, 4.69) is 5.32 Å². The van der Waals surface area contributed by atoms with Crippen LogP contribution in [0.3, 0.4) is 0 Å². The number of nitrogens with one attached hydrogen (secondary N) is 1. The Morgan fingerprint density at radius 1 is 1.32 bits per heavy atom. The zero-order valence-electron chi connectivity index (χ0n) is 13.5. The van der Waals surface area contributed by atoms with E-state index >= 15 is 0 Å². The third kappa shape index (κ3) is 5.22. The van der Waals surface area contributed by atoms with Gasteiger partial charge < -0.3 is 19.7 Å². The maximum Gasteiger partial charge on any atom is 0.321 e. The Morgan fingerprint density at radius 3 is 2.82 bits per heavy atom. The number of ether oxygens (including phenoxy) is 2. The fraction of sp³-hybridized carbons (Fsp3) is 0.588. The Balaban J connectivity index is 1.83. The molecule has 0 bridgehead atoms. The fourth-order valence-corrected chi connectivity index (χ4v) is 2.79. The molecule has 122 valence electrons. The molecule has 0 spiro atoms. The van der Waals surface area contributed by atoms with E-state index < -0.39 is 0 Å². The van der Waals surface area contributed by atoms with Gasteiger partial charge in [0.05, 0.1) is 6.61 Å². The van der Waals surface area contributed by atoms with Gasteiger partial charge in [-0.25, -0.2) is 4.79 Å². The molecular formula is C17H26N2O3. The minimum Gasteiger partial charge on any atom is -0.491 e. The summed E-state index contributed by atoms with van der Waals surface area (Å²) >= 11 is 0. The van der Waals surface area contributed by atoms with E-state index in [0.717, 1.165) is 18.0 Å². The second kappa shape index (κ2) is 8.63. The number of amides is 2. The van der Waals surface area contributed by atoms with E-state index in [0.29, 0.717) is 19.1 Å². The van der Waals surface area contributed by atoms with Crippen LogP contribution in [0.25, 0.3) is 0 Å². The molecule has 0 aromatic heterocycles. The Kier molecular flexibility index (Phi) is 6.52. The lowest BCUT2D eigenvalue weighted by Gasteiger charge is -2.21. The van der Waals surface area contributed by atoms with Crippen molar-refractivity contribution in [2.24, 2.45) is 5.92 Å². The summed E-state index contributed by atoms with van der Waals surface area (Å²) < 4.78 is 10.5.